The third kappa shape index (κ3) is 4.32. The van der Waals surface area contributed by atoms with Gasteiger partial charge in [0.05, 0.1) is 23.1 Å². The van der Waals surface area contributed by atoms with E-state index in [4.69, 9.17) is 0 Å². The van der Waals surface area contributed by atoms with Gasteiger partial charge in [0.1, 0.15) is 4.90 Å². The Morgan fingerprint density at radius 2 is 1.94 bits per heavy atom. The molecule has 2 aliphatic rings. The molecule has 0 spiro atoms. The highest BCUT2D eigenvalue weighted by atomic mass is 32.2. The monoisotopic (exact) mass is 488 g/mol. The molecule has 1 fully saturated rings. The first-order chi connectivity index (χ1) is 17.0. The number of nitrogens with zero attached hydrogens (tertiary/aromatic N) is 3. The van der Waals surface area contributed by atoms with Gasteiger partial charge in [-0.3, -0.25) is 4.98 Å². The summed E-state index contributed by atoms with van der Waals surface area (Å²) in [6.07, 6.45) is 11.2. The van der Waals surface area contributed by atoms with E-state index in [-0.39, 0.29) is 4.90 Å². The van der Waals surface area contributed by atoms with Gasteiger partial charge in [-0.2, -0.15) is 5.10 Å². The summed E-state index contributed by atoms with van der Waals surface area (Å²) in [6.45, 7) is 0. The maximum atomic E-state index is 13.0. The molecule has 6 rings (SSSR count). The molecule has 0 aliphatic heterocycles. The van der Waals surface area contributed by atoms with Crippen molar-refractivity contribution in [2.45, 2.75) is 43.0 Å². The van der Waals surface area contributed by atoms with Crippen molar-refractivity contribution in [2.24, 2.45) is 0 Å². The fraction of sp³-hybridized carbons (Fsp3) is 0.240. The summed E-state index contributed by atoms with van der Waals surface area (Å²) in [5.41, 5.74) is 6.13. The van der Waals surface area contributed by atoms with Crippen LogP contribution in [0.2, 0.25) is 0 Å². The molecule has 2 aliphatic carbocycles. The summed E-state index contributed by atoms with van der Waals surface area (Å²) in [4.78, 5) is 16.9. The highest BCUT2D eigenvalue weighted by Gasteiger charge is 2.25. The second-order valence-corrected chi connectivity index (χ2v) is 10.7. The smallest absolute Gasteiger partial charge is 0.333 e. The SMILES string of the molecule is O=C(Nc1c(-c2ccn3nccc3c2)ccc2c1CCC2)NS(=O)(=O)c1cncc(NC2CC2)c1. The Labute approximate surface area is 202 Å². The van der Waals surface area contributed by atoms with Gasteiger partial charge in [-0.05, 0) is 73.1 Å². The fourth-order valence-electron chi connectivity index (χ4n) is 4.57. The van der Waals surface area contributed by atoms with Crippen LogP contribution in [0.4, 0.5) is 16.2 Å². The number of aryl methyl sites for hydroxylation is 1. The zero-order valence-corrected chi connectivity index (χ0v) is 19.7. The van der Waals surface area contributed by atoms with Crippen LogP contribution in [0.3, 0.4) is 0 Å². The second kappa shape index (κ2) is 8.38. The van der Waals surface area contributed by atoms with E-state index in [0.717, 1.165) is 54.3 Å². The summed E-state index contributed by atoms with van der Waals surface area (Å²) < 4.78 is 29.8. The lowest BCUT2D eigenvalue weighted by molar-refractivity contribution is 0.256. The lowest BCUT2D eigenvalue weighted by atomic mass is 9.97. The molecule has 4 aromatic rings. The number of aromatic nitrogens is 3. The number of nitrogens with one attached hydrogen (secondary N) is 3. The van der Waals surface area contributed by atoms with E-state index in [2.05, 4.69) is 31.5 Å². The van der Waals surface area contributed by atoms with E-state index in [9.17, 15) is 13.2 Å². The molecule has 0 saturated heterocycles. The van der Waals surface area contributed by atoms with Gasteiger partial charge in [0.2, 0.25) is 0 Å². The molecule has 10 heteroatoms. The Kier molecular flexibility index (Phi) is 5.18. The van der Waals surface area contributed by atoms with Crippen molar-refractivity contribution in [3.8, 4) is 11.1 Å². The average Bonchev–Trinajstić information content (AvgIpc) is 3.31. The topological polar surface area (TPSA) is 117 Å². The highest BCUT2D eigenvalue weighted by Crippen LogP contribution is 2.38. The summed E-state index contributed by atoms with van der Waals surface area (Å²) in [6, 6.07) is 10.9. The summed E-state index contributed by atoms with van der Waals surface area (Å²) >= 11 is 0. The molecule has 35 heavy (non-hydrogen) atoms. The first-order valence-electron chi connectivity index (χ1n) is 11.6. The first kappa shape index (κ1) is 21.6. The Morgan fingerprint density at radius 3 is 2.80 bits per heavy atom. The maximum absolute atomic E-state index is 13.0. The average molecular weight is 489 g/mol. The van der Waals surface area contributed by atoms with Gasteiger partial charge in [0.15, 0.2) is 0 Å². The van der Waals surface area contributed by atoms with Crippen LogP contribution in [0, 0.1) is 0 Å². The highest BCUT2D eigenvalue weighted by molar-refractivity contribution is 7.90. The van der Waals surface area contributed by atoms with E-state index < -0.39 is 16.1 Å². The molecular formula is C25H24N6O3S. The standard InChI is InChI=1S/C25H24N6O3S/c32-25(30-35(33,34)21-13-19(14-26-15-21)28-18-5-6-18)29-24-22-3-1-2-16(22)4-7-23(24)17-9-11-31-20(12-17)8-10-27-31/h4,7-15,18,28H,1-3,5-6H2,(H2,29,30,32). The normalized spacial score (nSPS) is 15.1. The molecule has 3 heterocycles. The van der Waals surface area contributed by atoms with Gasteiger partial charge >= 0.3 is 6.03 Å². The lowest BCUT2D eigenvalue weighted by Crippen LogP contribution is -2.35. The zero-order valence-electron chi connectivity index (χ0n) is 18.9. The Hall–Kier alpha value is -3.92. The van der Waals surface area contributed by atoms with Crippen molar-refractivity contribution >= 4 is 32.9 Å². The second-order valence-electron chi connectivity index (χ2n) is 8.98. The lowest BCUT2D eigenvalue weighted by Gasteiger charge is -2.17. The number of sulfonamides is 1. The van der Waals surface area contributed by atoms with Crippen LogP contribution in [0.5, 0.6) is 0 Å². The van der Waals surface area contributed by atoms with Crippen LogP contribution >= 0.6 is 0 Å². The molecule has 0 unspecified atom stereocenters. The van der Waals surface area contributed by atoms with Crippen LogP contribution in [0.25, 0.3) is 16.6 Å². The molecule has 178 valence electrons. The number of anilines is 2. The molecule has 9 nitrogen and oxygen atoms in total. The molecule has 2 amide bonds. The largest absolute Gasteiger partial charge is 0.381 e. The molecule has 1 aromatic carbocycles. The summed E-state index contributed by atoms with van der Waals surface area (Å²) in [5, 5.41) is 10.3. The third-order valence-electron chi connectivity index (χ3n) is 6.43. The fourth-order valence-corrected chi connectivity index (χ4v) is 5.46. The van der Waals surface area contributed by atoms with Crippen LogP contribution in [-0.4, -0.2) is 35.1 Å². The molecular weight excluding hydrogens is 464 g/mol. The maximum Gasteiger partial charge on any atom is 0.333 e. The van der Waals surface area contributed by atoms with Crippen molar-refractivity contribution in [1.82, 2.24) is 19.3 Å². The van der Waals surface area contributed by atoms with Gasteiger partial charge in [0, 0.05) is 30.2 Å². The number of rotatable bonds is 6. The zero-order chi connectivity index (χ0) is 24.0. The Morgan fingerprint density at radius 1 is 1.06 bits per heavy atom. The number of amides is 2. The van der Waals surface area contributed by atoms with Crippen molar-refractivity contribution < 1.29 is 13.2 Å². The predicted molar refractivity (Wildman–Crippen MR) is 133 cm³/mol. The number of benzene rings is 1. The van der Waals surface area contributed by atoms with Crippen LogP contribution in [-0.2, 0) is 22.9 Å². The number of fused-ring (bicyclic) bond motifs is 2. The molecule has 1 saturated carbocycles. The van der Waals surface area contributed by atoms with E-state index >= 15 is 0 Å². The number of carbonyl (C=O) groups excluding carboxylic acids is 1. The van der Waals surface area contributed by atoms with Crippen molar-refractivity contribution in [3.63, 3.8) is 0 Å². The predicted octanol–water partition coefficient (Wildman–Crippen LogP) is 3.97. The first-order valence-corrected chi connectivity index (χ1v) is 13.1. The van der Waals surface area contributed by atoms with E-state index in [1.165, 1.54) is 17.8 Å². The third-order valence-corrected chi connectivity index (χ3v) is 7.73. The summed E-state index contributed by atoms with van der Waals surface area (Å²) in [5.74, 6) is 0. The van der Waals surface area contributed by atoms with Crippen LogP contribution < -0.4 is 15.4 Å². The van der Waals surface area contributed by atoms with Gasteiger partial charge in [-0.1, -0.05) is 12.1 Å². The van der Waals surface area contributed by atoms with E-state index in [1.807, 2.05) is 30.5 Å². The Balaban J connectivity index is 1.29. The van der Waals surface area contributed by atoms with Gasteiger partial charge < -0.3 is 10.6 Å². The number of carbonyl (C=O) groups is 1. The van der Waals surface area contributed by atoms with Crippen LogP contribution in [0.15, 0.2) is 66.1 Å². The number of hydrogen-bond donors (Lipinski definition) is 3. The van der Waals surface area contributed by atoms with Crippen LogP contribution in [0.1, 0.15) is 30.4 Å². The van der Waals surface area contributed by atoms with Gasteiger partial charge in [-0.15, -0.1) is 0 Å². The minimum atomic E-state index is -4.11. The van der Waals surface area contributed by atoms with Gasteiger partial charge in [-0.25, -0.2) is 22.4 Å². The van der Waals surface area contributed by atoms with E-state index in [1.54, 1.807) is 16.9 Å². The quantitative estimate of drug-likeness (QED) is 0.378. The van der Waals surface area contributed by atoms with Crippen molar-refractivity contribution in [3.05, 3.63) is 72.3 Å². The molecule has 3 N–H and O–H groups in total. The molecule has 0 bridgehead atoms. The minimum Gasteiger partial charge on any atom is -0.381 e. The number of hydrogen-bond acceptors (Lipinski definition) is 6. The van der Waals surface area contributed by atoms with E-state index in [0.29, 0.717) is 17.4 Å². The molecule has 3 aromatic heterocycles. The summed E-state index contributed by atoms with van der Waals surface area (Å²) in [7, 11) is -4.11. The van der Waals surface area contributed by atoms with Gasteiger partial charge in [0.25, 0.3) is 10.0 Å². The van der Waals surface area contributed by atoms with Crippen molar-refractivity contribution in [2.75, 3.05) is 10.6 Å². The number of pyridine rings is 2. The minimum absolute atomic E-state index is 0.0667. The Bertz CT molecular complexity index is 1560. The van der Waals surface area contributed by atoms with Crippen molar-refractivity contribution in [1.29, 1.82) is 0 Å². The number of urea groups is 1. The molecule has 0 radical (unpaired) electrons. The molecule has 0 atom stereocenters.